The maximum atomic E-state index is 11.8. The third-order valence-electron chi connectivity index (χ3n) is 3.18. The van der Waals surface area contributed by atoms with E-state index in [0.29, 0.717) is 12.0 Å². The van der Waals surface area contributed by atoms with E-state index in [-0.39, 0.29) is 11.5 Å². The monoisotopic (exact) mass is 306 g/mol. The minimum Gasteiger partial charge on any atom is -0.504 e. The van der Waals surface area contributed by atoms with Crippen molar-refractivity contribution in [2.75, 3.05) is 0 Å². The number of benzene rings is 1. The fraction of sp³-hybridized carbons (Fsp3) is 0.375. The molecule has 0 aromatic heterocycles. The van der Waals surface area contributed by atoms with Crippen LogP contribution in [-0.2, 0) is 9.59 Å². The predicted octanol–water partition coefficient (Wildman–Crippen LogP) is 1.66. The Bertz CT molecular complexity index is 555. The van der Waals surface area contributed by atoms with Crippen LogP contribution in [0.3, 0.4) is 0 Å². The molecule has 1 atom stereocenters. The fourth-order valence-corrected chi connectivity index (χ4v) is 1.92. The number of carbonyl (C=O) groups excluding carboxylic acids is 2. The first-order valence-electron chi connectivity index (χ1n) is 7.24. The molecule has 0 saturated carbocycles. The molecule has 0 bridgehead atoms. The summed E-state index contributed by atoms with van der Waals surface area (Å²) >= 11 is 0. The average Bonchev–Trinajstić information content (AvgIpc) is 2.47. The van der Waals surface area contributed by atoms with Crippen molar-refractivity contribution in [3.05, 3.63) is 29.8 Å². The number of amides is 2. The summed E-state index contributed by atoms with van der Waals surface area (Å²) in [5, 5.41) is 21.1. The Morgan fingerprint density at radius 3 is 2.59 bits per heavy atom. The summed E-state index contributed by atoms with van der Waals surface area (Å²) in [5.41, 5.74) is 5.82. The number of primary amides is 1. The Kier molecular flexibility index (Phi) is 6.95. The van der Waals surface area contributed by atoms with Crippen LogP contribution in [0.15, 0.2) is 24.3 Å². The summed E-state index contributed by atoms with van der Waals surface area (Å²) < 4.78 is 0. The molecule has 0 spiro atoms. The number of hydrogen-bond donors (Lipinski definition) is 4. The minimum atomic E-state index is -0.683. The van der Waals surface area contributed by atoms with E-state index in [1.165, 1.54) is 24.3 Å². The Labute approximate surface area is 129 Å². The van der Waals surface area contributed by atoms with E-state index in [9.17, 15) is 19.8 Å². The van der Waals surface area contributed by atoms with Crippen LogP contribution in [0.5, 0.6) is 11.5 Å². The van der Waals surface area contributed by atoms with Crippen molar-refractivity contribution in [3.8, 4) is 11.5 Å². The Morgan fingerprint density at radius 1 is 1.27 bits per heavy atom. The van der Waals surface area contributed by atoms with Gasteiger partial charge in [-0.05, 0) is 30.2 Å². The zero-order valence-electron chi connectivity index (χ0n) is 12.6. The lowest BCUT2D eigenvalue weighted by molar-refractivity contribution is -0.125. The van der Waals surface area contributed by atoms with Crippen LogP contribution < -0.4 is 11.1 Å². The van der Waals surface area contributed by atoms with Crippen molar-refractivity contribution in [2.24, 2.45) is 5.73 Å². The highest BCUT2D eigenvalue weighted by Crippen LogP contribution is 2.25. The van der Waals surface area contributed by atoms with Crippen LogP contribution in [0.4, 0.5) is 0 Å². The number of phenolic OH excluding ortho intramolecular Hbond substituents is 2. The third-order valence-corrected chi connectivity index (χ3v) is 3.18. The second-order valence-electron chi connectivity index (χ2n) is 5.04. The summed E-state index contributed by atoms with van der Waals surface area (Å²) in [7, 11) is 0. The van der Waals surface area contributed by atoms with E-state index < -0.39 is 17.9 Å². The molecule has 0 aliphatic rings. The van der Waals surface area contributed by atoms with Crippen LogP contribution >= 0.6 is 0 Å². The van der Waals surface area contributed by atoms with Gasteiger partial charge in [-0.3, -0.25) is 9.59 Å². The second-order valence-corrected chi connectivity index (χ2v) is 5.04. The molecule has 2 amide bonds. The summed E-state index contributed by atoms with van der Waals surface area (Å²) in [6.45, 7) is 2.05. The number of unbranched alkanes of at least 4 members (excludes halogenated alkanes) is 2. The van der Waals surface area contributed by atoms with E-state index in [1.54, 1.807) is 6.07 Å². The number of nitrogens with two attached hydrogens (primary N) is 1. The van der Waals surface area contributed by atoms with Gasteiger partial charge in [0.05, 0.1) is 0 Å². The van der Waals surface area contributed by atoms with Crippen LogP contribution in [0, 0.1) is 0 Å². The summed E-state index contributed by atoms with van der Waals surface area (Å²) in [6, 6.07) is 3.51. The molecule has 0 aliphatic heterocycles. The van der Waals surface area contributed by atoms with Crippen LogP contribution in [0.2, 0.25) is 0 Å². The Balaban J connectivity index is 2.60. The molecule has 0 radical (unpaired) electrons. The molecule has 5 N–H and O–H groups in total. The van der Waals surface area contributed by atoms with Crippen molar-refractivity contribution < 1.29 is 19.8 Å². The quantitative estimate of drug-likeness (QED) is 0.332. The average molecular weight is 306 g/mol. The van der Waals surface area contributed by atoms with E-state index >= 15 is 0 Å². The van der Waals surface area contributed by atoms with E-state index in [0.717, 1.165) is 19.3 Å². The Morgan fingerprint density at radius 2 is 2.00 bits per heavy atom. The van der Waals surface area contributed by atoms with Gasteiger partial charge in [0.2, 0.25) is 11.8 Å². The molecule has 6 nitrogen and oxygen atoms in total. The first kappa shape index (κ1) is 17.6. The SMILES string of the molecule is CCCCCC(NC(=O)/C=C/c1ccc(O)c(O)c1)C(N)=O. The van der Waals surface area contributed by atoms with Gasteiger partial charge in [-0.25, -0.2) is 0 Å². The summed E-state index contributed by atoms with van der Waals surface area (Å²) in [5.74, 6) is -1.49. The fourth-order valence-electron chi connectivity index (χ4n) is 1.92. The molecule has 1 unspecified atom stereocenters. The van der Waals surface area contributed by atoms with Crippen molar-refractivity contribution in [1.29, 1.82) is 0 Å². The predicted molar refractivity (Wildman–Crippen MR) is 84.1 cm³/mol. The van der Waals surface area contributed by atoms with Gasteiger partial charge in [-0.1, -0.05) is 32.3 Å². The maximum absolute atomic E-state index is 11.8. The summed E-state index contributed by atoms with van der Waals surface area (Å²) in [4.78, 5) is 23.1. The van der Waals surface area contributed by atoms with Gasteiger partial charge in [-0.2, -0.15) is 0 Å². The number of carbonyl (C=O) groups is 2. The number of aromatic hydroxyl groups is 2. The molecule has 120 valence electrons. The van der Waals surface area contributed by atoms with Crippen molar-refractivity contribution in [2.45, 2.75) is 38.6 Å². The molecule has 1 aromatic rings. The van der Waals surface area contributed by atoms with E-state index in [1.807, 2.05) is 6.92 Å². The lowest BCUT2D eigenvalue weighted by Gasteiger charge is -2.13. The molecule has 6 heteroatoms. The highest BCUT2D eigenvalue weighted by Gasteiger charge is 2.16. The smallest absolute Gasteiger partial charge is 0.244 e. The van der Waals surface area contributed by atoms with Gasteiger partial charge in [0.15, 0.2) is 11.5 Å². The molecule has 0 aliphatic carbocycles. The highest BCUT2D eigenvalue weighted by atomic mass is 16.3. The number of phenols is 2. The van der Waals surface area contributed by atoms with E-state index in [2.05, 4.69) is 5.32 Å². The van der Waals surface area contributed by atoms with Crippen molar-refractivity contribution in [3.63, 3.8) is 0 Å². The largest absolute Gasteiger partial charge is 0.504 e. The zero-order chi connectivity index (χ0) is 16.5. The molecule has 0 fully saturated rings. The molecule has 0 heterocycles. The molecular weight excluding hydrogens is 284 g/mol. The first-order valence-corrected chi connectivity index (χ1v) is 7.24. The minimum absolute atomic E-state index is 0.230. The molecule has 22 heavy (non-hydrogen) atoms. The van der Waals surface area contributed by atoms with Gasteiger partial charge in [0.25, 0.3) is 0 Å². The molecule has 0 saturated heterocycles. The van der Waals surface area contributed by atoms with Crippen molar-refractivity contribution >= 4 is 17.9 Å². The third kappa shape index (κ3) is 5.87. The van der Waals surface area contributed by atoms with Crippen LogP contribution in [0.25, 0.3) is 6.08 Å². The summed E-state index contributed by atoms with van der Waals surface area (Å²) in [6.07, 6.45) is 6.05. The lowest BCUT2D eigenvalue weighted by atomic mass is 10.1. The zero-order valence-corrected chi connectivity index (χ0v) is 12.6. The maximum Gasteiger partial charge on any atom is 0.244 e. The first-order chi connectivity index (χ1) is 10.4. The number of hydrogen-bond acceptors (Lipinski definition) is 4. The lowest BCUT2D eigenvalue weighted by Crippen LogP contribution is -2.43. The van der Waals surface area contributed by atoms with Crippen LogP contribution in [0.1, 0.15) is 38.2 Å². The topological polar surface area (TPSA) is 113 Å². The standard InChI is InChI=1S/C16H22N2O4/c1-2-3-4-5-12(16(17)22)18-15(21)9-7-11-6-8-13(19)14(20)10-11/h6-10,12,19-20H,2-5H2,1H3,(H2,17,22)(H,18,21)/b9-7+. The van der Waals surface area contributed by atoms with E-state index in [4.69, 9.17) is 5.73 Å². The number of rotatable bonds is 8. The van der Waals surface area contributed by atoms with Crippen LogP contribution in [-0.4, -0.2) is 28.1 Å². The van der Waals surface area contributed by atoms with Gasteiger partial charge >= 0.3 is 0 Å². The molecule has 1 aromatic carbocycles. The number of nitrogens with one attached hydrogen (secondary N) is 1. The highest BCUT2D eigenvalue weighted by molar-refractivity contribution is 5.95. The van der Waals surface area contributed by atoms with Gasteiger partial charge < -0.3 is 21.3 Å². The van der Waals surface area contributed by atoms with Gasteiger partial charge in [-0.15, -0.1) is 0 Å². The second kappa shape index (κ2) is 8.71. The normalized spacial score (nSPS) is 12.2. The Hall–Kier alpha value is -2.50. The van der Waals surface area contributed by atoms with Crippen molar-refractivity contribution in [1.82, 2.24) is 5.32 Å². The molecular formula is C16H22N2O4. The molecule has 1 rings (SSSR count). The van der Waals surface area contributed by atoms with Gasteiger partial charge in [0, 0.05) is 6.08 Å². The van der Waals surface area contributed by atoms with Gasteiger partial charge in [0.1, 0.15) is 6.04 Å².